The van der Waals surface area contributed by atoms with Crippen LogP contribution in [-0.2, 0) is 13.9 Å². The Hall–Kier alpha value is -0.350. The molecule has 2 unspecified atom stereocenters. The lowest BCUT2D eigenvalue weighted by atomic mass is 10.3. The Morgan fingerprint density at radius 1 is 1.06 bits per heavy atom. The van der Waals surface area contributed by atoms with Crippen molar-refractivity contribution < 1.29 is 48.6 Å². The van der Waals surface area contributed by atoms with E-state index in [9.17, 15) is 9.36 Å². The number of hydrogen-bond acceptors (Lipinski definition) is 5. The van der Waals surface area contributed by atoms with Gasteiger partial charge in [-0.2, -0.15) is 0 Å². The highest BCUT2D eigenvalue weighted by molar-refractivity contribution is 7.52. The fourth-order valence-electron chi connectivity index (χ4n) is 0.337. The lowest BCUT2D eigenvalue weighted by Gasteiger charge is -2.15. The first-order valence-electron chi connectivity index (χ1n) is 3.26. The van der Waals surface area contributed by atoms with Crippen LogP contribution in [-0.4, -0.2) is 52.5 Å². The molecule has 0 radical (unpaired) electrons. The molecule has 9 N–H and O–H groups in total. The third-order valence-corrected chi connectivity index (χ3v) is 1.96. The number of carboxylic acids is 1. The zero-order valence-corrected chi connectivity index (χ0v) is 9.27. The molecule has 11 nitrogen and oxygen atoms in total. The van der Waals surface area contributed by atoms with E-state index in [4.69, 9.17) is 45.0 Å². The second-order valence-corrected chi connectivity index (χ2v) is 5.11. The van der Waals surface area contributed by atoms with Crippen LogP contribution in [0.25, 0.3) is 0 Å². The van der Waals surface area contributed by atoms with E-state index in [0.29, 0.717) is 0 Å². The minimum Gasteiger partial charge on any atom is -0.480 e. The van der Waals surface area contributed by atoms with Crippen LogP contribution in [0.2, 0.25) is 0 Å². The smallest absolute Gasteiger partial charge is 0.466 e. The third kappa shape index (κ3) is 11.7. The molecule has 2 atom stereocenters. The highest BCUT2D eigenvalue weighted by atomic mass is 31.2. The van der Waals surface area contributed by atoms with Crippen molar-refractivity contribution in [1.29, 1.82) is 0 Å². The number of aliphatic hydroxyl groups is 1. The van der Waals surface area contributed by atoms with E-state index < -0.39 is 33.3 Å². The Labute approximate surface area is 88.5 Å². The van der Waals surface area contributed by atoms with Crippen molar-refractivity contribution in [1.82, 2.24) is 0 Å². The minimum atomic E-state index is -4.82. The van der Waals surface area contributed by atoms with Gasteiger partial charge in [-0.1, -0.05) is 0 Å². The van der Waals surface area contributed by atoms with Crippen LogP contribution in [0.15, 0.2) is 0 Å². The van der Waals surface area contributed by atoms with Gasteiger partial charge >= 0.3 is 21.4 Å². The lowest BCUT2D eigenvalue weighted by Crippen LogP contribution is -2.41. The summed E-state index contributed by atoms with van der Waals surface area (Å²) in [5.74, 6) is -4.01. The van der Waals surface area contributed by atoms with Gasteiger partial charge in [0.05, 0.1) is 0 Å². The molecule has 98 valence electrons. The molecule has 13 heteroatoms. The fraction of sp³-hybridized carbons (Fsp3) is 0.667. The second kappa shape index (κ2) is 6.40. The number of aliphatic hydroxyl groups excluding tert-OH is 1. The van der Waals surface area contributed by atoms with Gasteiger partial charge in [0.2, 0.25) is 0 Å². The molecule has 0 saturated carbocycles. The molecular formula is C3H11NO10P2. The van der Waals surface area contributed by atoms with E-state index in [1.54, 1.807) is 0 Å². The molecule has 0 rings (SSSR count). The average Bonchev–Trinajstić information content (AvgIpc) is 1.96. The molecule has 0 amide bonds. The summed E-state index contributed by atoms with van der Waals surface area (Å²) in [6.45, 7) is 0. The number of carbonyl (C=O) groups is 1. The highest BCUT2D eigenvalue weighted by Gasteiger charge is 2.36. The van der Waals surface area contributed by atoms with Crippen LogP contribution in [0.3, 0.4) is 0 Å². The van der Waals surface area contributed by atoms with Gasteiger partial charge in [0.1, 0.15) is 6.04 Å². The van der Waals surface area contributed by atoms with E-state index in [1.165, 1.54) is 0 Å². The molecule has 0 fully saturated rings. The van der Waals surface area contributed by atoms with Crippen molar-refractivity contribution in [3.05, 3.63) is 0 Å². The number of aliphatic carboxylic acids is 1. The largest absolute Gasteiger partial charge is 0.480 e. The summed E-state index contributed by atoms with van der Waals surface area (Å²) in [6.07, 6.45) is 0. The molecular weight excluding hydrogens is 272 g/mol. The summed E-state index contributed by atoms with van der Waals surface area (Å²) >= 11 is 0. The first-order chi connectivity index (χ1) is 6.76. The zero-order chi connectivity index (χ0) is 13.7. The Morgan fingerprint density at radius 3 is 1.38 bits per heavy atom. The number of phosphoric acid groups is 1. The molecule has 0 aromatic heterocycles. The van der Waals surface area contributed by atoms with Gasteiger partial charge in [-0.25, -0.2) is 4.57 Å². The summed E-state index contributed by atoms with van der Waals surface area (Å²) in [4.78, 5) is 48.0. The van der Waals surface area contributed by atoms with Crippen molar-refractivity contribution in [2.75, 3.05) is 0 Å². The summed E-state index contributed by atoms with van der Waals surface area (Å²) in [7, 11) is -9.46. The van der Waals surface area contributed by atoms with E-state index in [-0.39, 0.29) is 0 Å². The molecule has 0 aliphatic carbocycles. The van der Waals surface area contributed by atoms with Gasteiger partial charge in [0.25, 0.3) is 0 Å². The molecule has 0 bridgehead atoms. The molecule has 0 heterocycles. The summed E-state index contributed by atoms with van der Waals surface area (Å²) in [5.41, 5.74) is 4.70. The Kier molecular flexibility index (Phi) is 7.21. The van der Waals surface area contributed by atoms with Crippen molar-refractivity contribution in [2.24, 2.45) is 5.73 Å². The van der Waals surface area contributed by atoms with E-state index in [1.807, 2.05) is 0 Å². The van der Waals surface area contributed by atoms with Crippen LogP contribution < -0.4 is 5.73 Å². The molecule has 0 spiro atoms. The summed E-state index contributed by atoms with van der Waals surface area (Å²) < 4.78 is 19.1. The molecule has 0 aliphatic heterocycles. The van der Waals surface area contributed by atoms with Gasteiger partial charge < -0.3 is 40.4 Å². The van der Waals surface area contributed by atoms with Gasteiger partial charge in [-0.15, -0.1) is 0 Å². The maximum absolute atomic E-state index is 10.2. The van der Waals surface area contributed by atoms with Gasteiger partial charge in [0.15, 0.2) is 5.85 Å². The molecule has 16 heavy (non-hydrogen) atoms. The topological polar surface area (TPSA) is 219 Å². The van der Waals surface area contributed by atoms with Crippen molar-refractivity contribution >= 4 is 21.4 Å². The Balaban J connectivity index is 0. The van der Waals surface area contributed by atoms with Crippen molar-refractivity contribution in [3.63, 3.8) is 0 Å². The number of hydrogen-bond donors (Lipinski definition) is 8. The minimum absolute atomic E-state index is 1.67. The van der Waals surface area contributed by atoms with Crippen LogP contribution >= 0.6 is 15.4 Å². The maximum atomic E-state index is 10.2. The molecule has 0 aromatic carbocycles. The van der Waals surface area contributed by atoms with Gasteiger partial charge in [-0.05, 0) is 0 Å². The quantitative estimate of drug-likeness (QED) is 0.243. The predicted octanol–water partition coefficient (Wildman–Crippen LogP) is -3.03. The molecule has 0 saturated heterocycles. The van der Waals surface area contributed by atoms with Crippen LogP contribution in [0.1, 0.15) is 0 Å². The first kappa shape index (κ1) is 18.0. The summed E-state index contributed by atoms with van der Waals surface area (Å²) in [5, 5.41) is 16.6. The predicted molar refractivity (Wildman–Crippen MR) is 47.9 cm³/mol. The SMILES string of the molecule is NC(C(=O)O)C(O)P(=O)(O)O.O=P(O)(O)O. The number of nitrogens with two attached hydrogens (primary N) is 1. The highest BCUT2D eigenvalue weighted by Crippen LogP contribution is 2.40. The first-order valence-corrected chi connectivity index (χ1v) is 6.51. The van der Waals surface area contributed by atoms with Gasteiger partial charge in [-0.3, -0.25) is 9.36 Å². The van der Waals surface area contributed by atoms with Crippen molar-refractivity contribution in [3.8, 4) is 0 Å². The molecule has 0 aliphatic rings. The van der Waals surface area contributed by atoms with Crippen LogP contribution in [0, 0.1) is 0 Å². The van der Waals surface area contributed by atoms with E-state index >= 15 is 0 Å². The fourth-order valence-corrected chi connectivity index (χ4v) is 0.883. The monoisotopic (exact) mass is 283 g/mol. The van der Waals surface area contributed by atoms with Crippen LogP contribution in [0.5, 0.6) is 0 Å². The van der Waals surface area contributed by atoms with E-state index in [0.717, 1.165) is 0 Å². The number of carboxylic acid groups (broad SMARTS) is 1. The van der Waals surface area contributed by atoms with E-state index in [2.05, 4.69) is 0 Å². The molecule has 0 aromatic rings. The van der Waals surface area contributed by atoms with Gasteiger partial charge in [0, 0.05) is 0 Å². The lowest BCUT2D eigenvalue weighted by molar-refractivity contribution is -0.140. The third-order valence-electron chi connectivity index (χ3n) is 0.951. The Morgan fingerprint density at radius 2 is 1.31 bits per heavy atom. The Bertz CT molecular complexity index is 308. The van der Waals surface area contributed by atoms with Crippen LogP contribution in [0.4, 0.5) is 0 Å². The average molecular weight is 283 g/mol. The van der Waals surface area contributed by atoms with Crippen molar-refractivity contribution in [2.45, 2.75) is 11.9 Å². The normalized spacial score (nSPS) is 15.7. The second-order valence-electron chi connectivity index (χ2n) is 2.38. The standard InChI is InChI=1S/C3H8NO6P.H3O4P/c4-1(2(5)6)3(7)11(8,9)10;1-5(2,3)4/h1,3,7H,4H2,(H,5,6)(H2,8,9,10);(H3,1,2,3,4). The number of rotatable bonds is 3. The zero-order valence-electron chi connectivity index (χ0n) is 7.48. The maximum Gasteiger partial charge on any atom is 0.466 e. The summed E-state index contributed by atoms with van der Waals surface area (Å²) in [6, 6.07) is -1.96.